The zero-order valence-corrected chi connectivity index (χ0v) is 12.0. The zero-order valence-electron chi connectivity index (χ0n) is 11.1. The number of nitrogens with one attached hydrogen (secondary N) is 2. The molecule has 1 atom stereocenters. The standard InChI is InChI=1S/C15H18N2O.ClH/c1-11(16-2)10-17-15(18)14-9-5-7-12-6-3-4-8-13(12)14;/h3-9,11,16H,10H2,1-2H3,(H,17,18);1H. The highest BCUT2D eigenvalue weighted by Gasteiger charge is 2.09. The van der Waals surface area contributed by atoms with Crippen molar-refractivity contribution in [2.24, 2.45) is 0 Å². The molecule has 19 heavy (non-hydrogen) atoms. The van der Waals surface area contributed by atoms with Crippen molar-refractivity contribution in [2.75, 3.05) is 13.6 Å². The third kappa shape index (κ3) is 3.69. The Morgan fingerprint density at radius 2 is 1.84 bits per heavy atom. The van der Waals surface area contributed by atoms with E-state index in [1.807, 2.05) is 56.4 Å². The fourth-order valence-electron chi connectivity index (χ4n) is 1.87. The molecule has 0 radical (unpaired) electrons. The summed E-state index contributed by atoms with van der Waals surface area (Å²) < 4.78 is 0. The quantitative estimate of drug-likeness (QED) is 0.903. The average molecular weight is 279 g/mol. The molecule has 0 heterocycles. The van der Waals surface area contributed by atoms with Crippen molar-refractivity contribution in [3.05, 3.63) is 48.0 Å². The van der Waals surface area contributed by atoms with Crippen LogP contribution >= 0.6 is 12.4 Å². The Morgan fingerprint density at radius 1 is 1.16 bits per heavy atom. The van der Waals surface area contributed by atoms with Gasteiger partial charge in [0.25, 0.3) is 5.91 Å². The van der Waals surface area contributed by atoms with Crippen LogP contribution in [0.1, 0.15) is 17.3 Å². The van der Waals surface area contributed by atoms with E-state index >= 15 is 0 Å². The second kappa shape index (κ2) is 7.12. The lowest BCUT2D eigenvalue weighted by Gasteiger charge is -2.12. The molecular formula is C15H19ClN2O. The van der Waals surface area contributed by atoms with E-state index in [1.54, 1.807) is 0 Å². The van der Waals surface area contributed by atoms with E-state index in [9.17, 15) is 4.79 Å². The number of fused-ring (bicyclic) bond motifs is 1. The SMILES string of the molecule is CNC(C)CNC(=O)c1cccc2ccccc12.Cl. The molecule has 2 aromatic carbocycles. The van der Waals surface area contributed by atoms with Crippen LogP contribution in [0.4, 0.5) is 0 Å². The first-order chi connectivity index (χ1) is 8.72. The van der Waals surface area contributed by atoms with Crippen molar-refractivity contribution in [2.45, 2.75) is 13.0 Å². The number of halogens is 1. The van der Waals surface area contributed by atoms with Gasteiger partial charge in [0, 0.05) is 18.2 Å². The van der Waals surface area contributed by atoms with Crippen molar-refractivity contribution >= 4 is 29.1 Å². The maximum absolute atomic E-state index is 12.1. The first kappa shape index (κ1) is 15.5. The number of carbonyl (C=O) groups excluding carboxylic acids is 1. The Morgan fingerprint density at radius 3 is 2.58 bits per heavy atom. The normalized spacial score (nSPS) is 11.7. The van der Waals surface area contributed by atoms with Gasteiger partial charge in [-0.25, -0.2) is 0 Å². The molecule has 4 heteroatoms. The van der Waals surface area contributed by atoms with Gasteiger partial charge in [-0.15, -0.1) is 12.4 Å². The van der Waals surface area contributed by atoms with E-state index < -0.39 is 0 Å². The predicted octanol–water partition coefficient (Wildman–Crippen LogP) is 2.60. The molecule has 3 nitrogen and oxygen atoms in total. The van der Waals surface area contributed by atoms with Gasteiger partial charge in [0.05, 0.1) is 0 Å². The van der Waals surface area contributed by atoms with Gasteiger partial charge in [0.15, 0.2) is 0 Å². The van der Waals surface area contributed by atoms with E-state index in [1.165, 1.54) is 0 Å². The first-order valence-electron chi connectivity index (χ1n) is 6.15. The van der Waals surface area contributed by atoms with E-state index in [-0.39, 0.29) is 24.4 Å². The molecule has 102 valence electrons. The van der Waals surface area contributed by atoms with Crippen molar-refractivity contribution < 1.29 is 4.79 Å². The van der Waals surface area contributed by atoms with Gasteiger partial charge in [-0.1, -0.05) is 36.4 Å². The Hall–Kier alpha value is -1.58. The van der Waals surface area contributed by atoms with Crippen LogP contribution in [0, 0.1) is 0 Å². The molecule has 0 aliphatic rings. The minimum atomic E-state index is -0.0195. The van der Waals surface area contributed by atoms with Crippen molar-refractivity contribution in [1.29, 1.82) is 0 Å². The van der Waals surface area contributed by atoms with Crippen LogP contribution in [0.5, 0.6) is 0 Å². The summed E-state index contributed by atoms with van der Waals surface area (Å²) in [6, 6.07) is 14.0. The van der Waals surface area contributed by atoms with Gasteiger partial charge in [-0.3, -0.25) is 4.79 Å². The van der Waals surface area contributed by atoms with Crippen LogP contribution < -0.4 is 10.6 Å². The van der Waals surface area contributed by atoms with E-state index in [2.05, 4.69) is 10.6 Å². The molecule has 0 saturated heterocycles. The van der Waals surface area contributed by atoms with Gasteiger partial charge < -0.3 is 10.6 Å². The zero-order chi connectivity index (χ0) is 13.0. The molecule has 0 bridgehead atoms. The molecule has 0 aliphatic carbocycles. The number of amides is 1. The van der Waals surface area contributed by atoms with Gasteiger partial charge in [0.1, 0.15) is 0 Å². The molecular weight excluding hydrogens is 260 g/mol. The maximum atomic E-state index is 12.1. The summed E-state index contributed by atoms with van der Waals surface area (Å²) in [7, 11) is 1.88. The summed E-state index contributed by atoms with van der Waals surface area (Å²) in [6.07, 6.45) is 0. The maximum Gasteiger partial charge on any atom is 0.251 e. The molecule has 0 aliphatic heterocycles. The molecule has 1 unspecified atom stereocenters. The third-order valence-corrected chi connectivity index (χ3v) is 3.10. The van der Waals surface area contributed by atoms with Crippen molar-refractivity contribution in [3.63, 3.8) is 0 Å². The molecule has 2 rings (SSSR count). The van der Waals surface area contributed by atoms with Crippen molar-refractivity contribution in [1.82, 2.24) is 10.6 Å². The number of hydrogen-bond donors (Lipinski definition) is 2. The van der Waals surface area contributed by atoms with E-state index in [0.717, 1.165) is 16.3 Å². The highest BCUT2D eigenvalue weighted by atomic mass is 35.5. The van der Waals surface area contributed by atoms with Crippen molar-refractivity contribution in [3.8, 4) is 0 Å². The van der Waals surface area contributed by atoms with Crippen LogP contribution in [-0.2, 0) is 0 Å². The van der Waals surface area contributed by atoms with Crippen LogP contribution in [0.3, 0.4) is 0 Å². The molecule has 0 fully saturated rings. The molecule has 0 spiro atoms. The second-order valence-corrected chi connectivity index (χ2v) is 4.43. The fraction of sp³-hybridized carbons (Fsp3) is 0.267. The van der Waals surface area contributed by atoms with Crippen LogP contribution in [0.15, 0.2) is 42.5 Å². The largest absolute Gasteiger partial charge is 0.350 e. The summed E-state index contributed by atoms with van der Waals surface area (Å²) in [5.74, 6) is -0.0195. The Balaban J connectivity index is 0.00000180. The highest BCUT2D eigenvalue weighted by Crippen LogP contribution is 2.18. The minimum Gasteiger partial charge on any atom is -0.350 e. The van der Waals surface area contributed by atoms with E-state index in [0.29, 0.717) is 6.54 Å². The lowest BCUT2D eigenvalue weighted by Crippen LogP contribution is -2.37. The van der Waals surface area contributed by atoms with E-state index in [4.69, 9.17) is 0 Å². The Bertz CT molecular complexity index is 551. The average Bonchev–Trinajstić information content (AvgIpc) is 2.43. The fourth-order valence-corrected chi connectivity index (χ4v) is 1.87. The third-order valence-electron chi connectivity index (χ3n) is 3.10. The summed E-state index contributed by atoms with van der Waals surface area (Å²) in [4.78, 5) is 12.1. The summed E-state index contributed by atoms with van der Waals surface area (Å²) in [5.41, 5.74) is 0.733. The summed E-state index contributed by atoms with van der Waals surface area (Å²) in [5, 5.41) is 8.12. The lowest BCUT2D eigenvalue weighted by molar-refractivity contribution is 0.0952. The van der Waals surface area contributed by atoms with Crippen LogP contribution in [-0.4, -0.2) is 25.5 Å². The van der Waals surface area contributed by atoms with Gasteiger partial charge in [0.2, 0.25) is 0 Å². The van der Waals surface area contributed by atoms with Gasteiger partial charge in [-0.05, 0) is 30.8 Å². The number of hydrogen-bond acceptors (Lipinski definition) is 2. The number of rotatable bonds is 4. The molecule has 2 N–H and O–H groups in total. The lowest BCUT2D eigenvalue weighted by atomic mass is 10.0. The number of likely N-dealkylation sites (N-methyl/N-ethyl adjacent to an activating group) is 1. The van der Waals surface area contributed by atoms with Crippen LogP contribution in [0.25, 0.3) is 10.8 Å². The minimum absolute atomic E-state index is 0. The van der Waals surface area contributed by atoms with Gasteiger partial charge in [-0.2, -0.15) is 0 Å². The van der Waals surface area contributed by atoms with Gasteiger partial charge >= 0.3 is 0 Å². The Kier molecular flexibility index (Phi) is 5.80. The molecule has 0 saturated carbocycles. The second-order valence-electron chi connectivity index (χ2n) is 4.43. The molecule has 1 amide bonds. The number of carbonyl (C=O) groups is 1. The highest BCUT2D eigenvalue weighted by molar-refractivity contribution is 6.06. The summed E-state index contributed by atoms with van der Waals surface area (Å²) in [6.45, 7) is 2.65. The molecule has 2 aromatic rings. The molecule has 0 aromatic heterocycles. The monoisotopic (exact) mass is 278 g/mol. The predicted molar refractivity (Wildman–Crippen MR) is 82.1 cm³/mol. The smallest absolute Gasteiger partial charge is 0.251 e. The first-order valence-corrected chi connectivity index (χ1v) is 6.15. The summed E-state index contributed by atoms with van der Waals surface area (Å²) >= 11 is 0. The van der Waals surface area contributed by atoms with Crippen LogP contribution in [0.2, 0.25) is 0 Å². The number of benzene rings is 2. The topological polar surface area (TPSA) is 41.1 Å². The Labute approximate surface area is 119 Å².